The van der Waals surface area contributed by atoms with Gasteiger partial charge in [0.15, 0.2) is 0 Å². The maximum absolute atomic E-state index is 12.5. The summed E-state index contributed by atoms with van der Waals surface area (Å²) in [6, 6.07) is 6.99. The van der Waals surface area contributed by atoms with E-state index < -0.39 is 10.0 Å². The summed E-state index contributed by atoms with van der Waals surface area (Å²) in [6.07, 6.45) is 4.60. The lowest BCUT2D eigenvalue weighted by molar-refractivity contribution is -0.122. The van der Waals surface area contributed by atoms with E-state index >= 15 is 0 Å². The molecule has 26 heavy (non-hydrogen) atoms. The van der Waals surface area contributed by atoms with Crippen LogP contribution in [-0.2, 0) is 21.2 Å². The van der Waals surface area contributed by atoms with Gasteiger partial charge in [-0.2, -0.15) is 0 Å². The van der Waals surface area contributed by atoms with Crippen molar-refractivity contribution in [3.63, 3.8) is 0 Å². The molecule has 2 aliphatic rings. The van der Waals surface area contributed by atoms with Gasteiger partial charge >= 0.3 is 0 Å². The first-order valence-corrected chi connectivity index (χ1v) is 10.9. The van der Waals surface area contributed by atoms with E-state index in [4.69, 9.17) is 0 Å². The lowest BCUT2D eigenvalue weighted by atomic mass is 9.69. The van der Waals surface area contributed by atoms with Crippen molar-refractivity contribution in [2.45, 2.75) is 63.8 Å². The Labute approximate surface area is 157 Å². The van der Waals surface area contributed by atoms with E-state index in [0.29, 0.717) is 24.2 Å². The van der Waals surface area contributed by atoms with E-state index in [1.54, 1.807) is 24.3 Å². The first-order chi connectivity index (χ1) is 12.1. The number of amides is 1. The average molecular weight is 379 g/mol. The molecule has 0 heterocycles. The van der Waals surface area contributed by atoms with Crippen molar-refractivity contribution in [2.75, 3.05) is 7.05 Å². The summed E-state index contributed by atoms with van der Waals surface area (Å²) in [5.74, 6) is 0.797. The Kier molecular flexibility index (Phi) is 4.95. The highest BCUT2D eigenvalue weighted by molar-refractivity contribution is 7.89. The van der Waals surface area contributed by atoms with Crippen molar-refractivity contribution in [1.82, 2.24) is 10.0 Å². The Morgan fingerprint density at radius 1 is 1.19 bits per heavy atom. The van der Waals surface area contributed by atoms with Crippen LogP contribution in [0.5, 0.6) is 0 Å². The fraction of sp³-hybridized carbons (Fsp3) is 0.650. The molecule has 0 radical (unpaired) electrons. The number of hydrogen-bond acceptors (Lipinski definition) is 3. The minimum Gasteiger partial charge on any atom is -0.353 e. The number of carbonyl (C=O) groups is 1. The molecular formula is C20H30N2O3S. The van der Waals surface area contributed by atoms with Gasteiger partial charge in [-0.3, -0.25) is 4.79 Å². The highest BCUT2D eigenvalue weighted by Crippen LogP contribution is 2.65. The molecule has 3 rings (SSSR count). The molecule has 2 N–H and O–H groups in total. The van der Waals surface area contributed by atoms with Crippen LogP contribution in [0.2, 0.25) is 0 Å². The number of benzene rings is 1. The molecule has 0 aliphatic heterocycles. The first-order valence-electron chi connectivity index (χ1n) is 9.42. The van der Waals surface area contributed by atoms with Crippen LogP contribution in [0.25, 0.3) is 0 Å². The minimum absolute atomic E-state index is 0.0893. The zero-order chi connectivity index (χ0) is 19.2. The topological polar surface area (TPSA) is 75.3 Å². The molecule has 2 bridgehead atoms. The maximum atomic E-state index is 12.5. The number of nitrogens with one attached hydrogen (secondary N) is 2. The highest BCUT2D eigenvalue weighted by atomic mass is 32.2. The number of rotatable bonds is 6. The second kappa shape index (κ2) is 6.64. The molecule has 6 heteroatoms. The van der Waals surface area contributed by atoms with Crippen molar-refractivity contribution < 1.29 is 13.2 Å². The normalized spacial score (nSPS) is 29.7. The van der Waals surface area contributed by atoms with Gasteiger partial charge in [-0.1, -0.05) is 32.9 Å². The summed E-state index contributed by atoms with van der Waals surface area (Å²) in [5, 5.41) is 3.28. The van der Waals surface area contributed by atoms with Crippen LogP contribution >= 0.6 is 0 Å². The van der Waals surface area contributed by atoms with Crippen LogP contribution in [0.4, 0.5) is 0 Å². The van der Waals surface area contributed by atoms with E-state index in [9.17, 15) is 13.2 Å². The monoisotopic (exact) mass is 378 g/mol. The average Bonchev–Trinajstić information content (AvgIpc) is 2.94. The summed E-state index contributed by atoms with van der Waals surface area (Å²) in [4.78, 5) is 12.7. The van der Waals surface area contributed by atoms with Gasteiger partial charge < -0.3 is 5.32 Å². The van der Waals surface area contributed by atoms with Crippen molar-refractivity contribution in [3.8, 4) is 0 Å². The van der Waals surface area contributed by atoms with E-state index in [1.807, 2.05) is 0 Å². The van der Waals surface area contributed by atoms with E-state index in [2.05, 4.69) is 30.8 Å². The quantitative estimate of drug-likeness (QED) is 0.799. The van der Waals surface area contributed by atoms with Crippen LogP contribution in [-0.4, -0.2) is 27.4 Å². The Hall–Kier alpha value is -1.40. The Bertz CT molecular complexity index is 786. The van der Waals surface area contributed by atoms with Gasteiger partial charge in [0.2, 0.25) is 15.9 Å². The summed E-state index contributed by atoms with van der Waals surface area (Å²) in [5.41, 5.74) is 1.45. The summed E-state index contributed by atoms with van der Waals surface area (Å²) in [6.45, 7) is 7.01. The molecule has 3 atom stereocenters. The van der Waals surface area contributed by atoms with Gasteiger partial charge in [0.05, 0.1) is 4.90 Å². The zero-order valence-corrected chi connectivity index (χ0v) is 16.9. The predicted octanol–water partition coefficient (Wildman–Crippen LogP) is 2.86. The standard InChI is InChI=1S/C20H30N2O3S/c1-19(2)15-11-12-20(19,3)17(13-15)22-18(23)10-7-14-5-8-16(9-6-14)26(24,25)21-4/h5-6,8-9,15,17,21H,7,10-13H2,1-4H3,(H,22,23). The predicted molar refractivity (Wildman–Crippen MR) is 102 cm³/mol. The highest BCUT2D eigenvalue weighted by Gasteiger charge is 2.61. The molecule has 2 fully saturated rings. The van der Waals surface area contributed by atoms with Crippen LogP contribution in [0.3, 0.4) is 0 Å². The fourth-order valence-corrected chi connectivity index (χ4v) is 5.63. The molecule has 3 unspecified atom stereocenters. The second-order valence-electron chi connectivity index (χ2n) is 8.58. The third kappa shape index (κ3) is 3.18. The van der Waals surface area contributed by atoms with Gasteiger partial charge in [0, 0.05) is 12.5 Å². The summed E-state index contributed by atoms with van der Waals surface area (Å²) >= 11 is 0. The van der Waals surface area contributed by atoms with Crippen LogP contribution in [0, 0.1) is 16.7 Å². The second-order valence-corrected chi connectivity index (χ2v) is 10.5. The van der Waals surface area contributed by atoms with Gasteiger partial charge in [-0.05, 0) is 67.2 Å². The van der Waals surface area contributed by atoms with Crippen LogP contribution < -0.4 is 10.0 Å². The maximum Gasteiger partial charge on any atom is 0.240 e. The summed E-state index contributed by atoms with van der Waals surface area (Å²) < 4.78 is 25.8. The lowest BCUT2D eigenvalue weighted by Crippen LogP contribution is -2.46. The van der Waals surface area contributed by atoms with Crippen molar-refractivity contribution in [1.29, 1.82) is 0 Å². The number of hydrogen-bond donors (Lipinski definition) is 2. The number of sulfonamides is 1. The Balaban J connectivity index is 1.56. The Morgan fingerprint density at radius 3 is 2.35 bits per heavy atom. The SMILES string of the molecule is CNS(=O)(=O)c1ccc(CCC(=O)NC2CC3CCC2(C)C3(C)C)cc1. The Morgan fingerprint density at radius 2 is 1.85 bits per heavy atom. The molecule has 2 saturated carbocycles. The third-order valence-electron chi connectivity index (χ3n) is 7.27. The van der Waals surface area contributed by atoms with Crippen molar-refractivity contribution in [3.05, 3.63) is 29.8 Å². The van der Waals surface area contributed by atoms with Crippen molar-refractivity contribution in [2.24, 2.45) is 16.7 Å². The molecule has 144 valence electrons. The molecular weight excluding hydrogens is 348 g/mol. The van der Waals surface area contributed by atoms with Gasteiger partial charge in [-0.25, -0.2) is 13.1 Å². The number of aryl methyl sites for hydroxylation is 1. The smallest absolute Gasteiger partial charge is 0.240 e. The first kappa shape index (κ1) is 19.4. The third-order valence-corrected chi connectivity index (χ3v) is 8.70. The molecule has 1 amide bonds. The molecule has 0 aromatic heterocycles. The van der Waals surface area contributed by atoms with E-state index in [-0.39, 0.29) is 22.3 Å². The lowest BCUT2D eigenvalue weighted by Gasteiger charge is -2.39. The minimum atomic E-state index is -3.41. The molecule has 1 aromatic carbocycles. The fourth-order valence-electron chi connectivity index (χ4n) is 4.90. The molecule has 0 saturated heterocycles. The largest absolute Gasteiger partial charge is 0.353 e. The van der Waals surface area contributed by atoms with Gasteiger partial charge in [0.1, 0.15) is 0 Å². The van der Waals surface area contributed by atoms with Crippen molar-refractivity contribution >= 4 is 15.9 Å². The number of carbonyl (C=O) groups excluding carboxylic acids is 1. The molecule has 2 aliphatic carbocycles. The van der Waals surface area contributed by atoms with E-state index in [0.717, 1.165) is 12.0 Å². The number of fused-ring (bicyclic) bond motifs is 2. The van der Waals surface area contributed by atoms with Crippen LogP contribution in [0.15, 0.2) is 29.2 Å². The zero-order valence-electron chi connectivity index (χ0n) is 16.1. The summed E-state index contributed by atoms with van der Waals surface area (Å²) in [7, 11) is -2.02. The van der Waals surface area contributed by atoms with Crippen LogP contribution in [0.1, 0.15) is 52.0 Å². The molecule has 5 nitrogen and oxygen atoms in total. The van der Waals surface area contributed by atoms with Gasteiger partial charge in [-0.15, -0.1) is 0 Å². The van der Waals surface area contributed by atoms with Gasteiger partial charge in [0.25, 0.3) is 0 Å². The molecule has 1 aromatic rings. The van der Waals surface area contributed by atoms with E-state index in [1.165, 1.54) is 19.9 Å². The molecule has 0 spiro atoms.